The topological polar surface area (TPSA) is 57.7 Å². The van der Waals surface area contributed by atoms with Crippen LogP contribution in [0.1, 0.15) is 23.1 Å². The molecular formula is C21H24N2O3S. The normalized spacial score (nSPS) is 17.7. The Labute approximate surface area is 160 Å². The Morgan fingerprint density at radius 1 is 0.889 bits per heavy atom. The first-order valence-electron chi connectivity index (χ1n) is 9.48. The smallest absolute Gasteiger partial charge is 0.243 e. The average molecular weight is 385 g/mol. The first-order chi connectivity index (χ1) is 13.0. The second kappa shape index (κ2) is 7.44. The molecule has 1 heterocycles. The van der Waals surface area contributed by atoms with Gasteiger partial charge < -0.3 is 4.90 Å². The number of amides is 1. The van der Waals surface area contributed by atoms with Gasteiger partial charge in [-0.2, -0.15) is 4.31 Å². The lowest BCUT2D eigenvalue weighted by Gasteiger charge is -2.34. The molecule has 0 aromatic heterocycles. The largest absolute Gasteiger partial charge is 0.340 e. The highest BCUT2D eigenvalue weighted by Gasteiger charge is 2.30. The Kier molecular flexibility index (Phi) is 5.02. The van der Waals surface area contributed by atoms with Crippen molar-refractivity contribution < 1.29 is 13.2 Å². The minimum Gasteiger partial charge on any atom is -0.340 e. The lowest BCUT2D eigenvalue weighted by Crippen LogP contribution is -2.50. The van der Waals surface area contributed by atoms with Gasteiger partial charge >= 0.3 is 0 Å². The highest BCUT2D eigenvalue weighted by atomic mass is 32.2. The molecule has 1 aliphatic heterocycles. The zero-order chi connectivity index (χ0) is 18.9. The van der Waals surface area contributed by atoms with E-state index < -0.39 is 10.0 Å². The van der Waals surface area contributed by atoms with Gasteiger partial charge in [0.1, 0.15) is 0 Å². The fourth-order valence-corrected chi connectivity index (χ4v) is 5.39. The molecule has 0 saturated carbocycles. The first kappa shape index (κ1) is 18.2. The van der Waals surface area contributed by atoms with Crippen molar-refractivity contribution in [2.24, 2.45) is 0 Å². The monoisotopic (exact) mass is 384 g/mol. The van der Waals surface area contributed by atoms with E-state index in [0.29, 0.717) is 37.5 Å². The molecule has 4 rings (SSSR count). The summed E-state index contributed by atoms with van der Waals surface area (Å²) >= 11 is 0. The summed E-state index contributed by atoms with van der Waals surface area (Å²) in [6.07, 6.45) is 3.46. The van der Waals surface area contributed by atoms with Gasteiger partial charge in [0, 0.05) is 26.2 Å². The van der Waals surface area contributed by atoms with Crippen LogP contribution < -0.4 is 0 Å². The summed E-state index contributed by atoms with van der Waals surface area (Å²) in [5.74, 6) is 0.0516. The molecule has 2 aliphatic rings. The number of carbonyl (C=O) groups is 1. The van der Waals surface area contributed by atoms with Gasteiger partial charge in [-0.25, -0.2) is 8.42 Å². The molecule has 0 atom stereocenters. The molecule has 2 aromatic rings. The van der Waals surface area contributed by atoms with E-state index in [9.17, 15) is 13.2 Å². The van der Waals surface area contributed by atoms with E-state index in [1.165, 1.54) is 9.87 Å². The molecule has 142 valence electrons. The Morgan fingerprint density at radius 2 is 1.59 bits per heavy atom. The van der Waals surface area contributed by atoms with Crippen molar-refractivity contribution in [3.05, 3.63) is 65.2 Å². The van der Waals surface area contributed by atoms with Crippen molar-refractivity contribution >= 4 is 15.9 Å². The van der Waals surface area contributed by atoms with Crippen molar-refractivity contribution in [2.75, 3.05) is 26.2 Å². The van der Waals surface area contributed by atoms with E-state index in [0.717, 1.165) is 30.4 Å². The summed E-state index contributed by atoms with van der Waals surface area (Å²) in [6.45, 7) is 1.57. The summed E-state index contributed by atoms with van der Waals surface area (Å²) in [7, 11) is -3.50. The number of aryl methyl sites for hydroxylation is 2. The number of carbonyl (C=O) groups excluding carboxylic acids is 1. The third-order valence-corrected chi connectivity index (χ3v) is 7.39. The summed E-state index contributed by atoms with van der Waals surface area (Å²) in [6, 6.07) is 15.2. The first-order valence-corrected chi connectivity index (χ1v) is 10.9. The molecule has 6 heteroatoms. The van der Waals surface area contributed by atoms with Crippen LogP contribution in [0.15, 0.2) is 53.4 Å². The van der Waals surface area contributed by atoms with Gasteiger partial charge in [-0.1, -0.05) is 36.4 Å². The van der Waals surface area contributed by atoms with E-state index in [-0.39, 0.29) is 5.91 Å². The van der Waals surface area contributed by atoms with Gasteiger partial charge in [-0.15, -0.1) is 0 Å². The van der Waals surface area contributed by atoms with Crippen molar-refractivity contribution in [3.63, 3.8) is 0 Å². The van der Waals surface area contributed by atoms with Crippen LogP contribution in [-0.4, -0.2) is 49.7 Å². The van der Waals surface area contributed by atoms with Crippen LogP contribution in [-0.2, 0) is 34.1 Å². The highest BCUT2D eigenvalue weighted by Crippen LogP contribution is 2.26. The second-order valence-electron chi connectivity index (χ2n) is 7.23. The van der Waals surface area contributed by atoms with Gasteiger partial charge in [0.05, 0.1) is 11.3 Å². The molecule has 27 heavy (non-hydrogen) atoms. The van der Waals surface area contributed by atoms with Crippen molar-refractivity contribution in [3.8, 4) is 0 Å². The predicted molar refractivity (Wildman–Crippen MR) is 104 cm³/mol. The van der Waals surface area contributed by atoms with Gasteiger partial charge in [-0.05, 0) is 48.1 Å². The summed E-state index contributed by atoms with van der Waals surface area (Å²) in [4.78, 5) is 14.6. The average Bonchev–Trinajstić information content (AvgIpc) is 3.17. The van der Waals surface area contributed by atoms with Crippen molar-refractivity contribution in [1.82, 2.24) is 9.21 Å². The summed E-state index contributed by atoms with van der Waals surface area (Å²) < 4.78 is 27.5. The molecule has 0 spiro atoms. The maximum atomic E-state index is 13.0. The van der Waals surface area contributed by atoms with E-state index in [2.05, 4.69) is 0 Å². The molecule has 0 unspecified atom stereocenters. The van der Waals surface area contributed by atoms with Crippen LogP contribution in [0.3, 0.4) is 0 Å². The minimum absolute atomic E-state index is 0.0516. The molecular weight excluding hydrogens is 360 g/mol. The van der Waals surface area contributed by atoms with Crippen LogP contribution in [0.4, 0.5) is 0 Å². The zero-order valence-corrected chi connectivity index (χ0v) is 16.1. The van der Waals surface area contributed by atoms with Gasteiger partial charge in [0.2, 0.25) is 15.9 Å². The number of sulfonamides is 1. The number of rotatable bonds is 4. The van der Waals surface area contributed by atoms with Gasteiger partial charge in [0.15, 0.2) is 0 Å². The fraction of sp³-hybridized carbons (Fsp3) is 0.381. The number of fused-ring (bicyclic) bond motifs is 1. The second-order valence-corrected chi connectivity index (χ2v) is 9.17. The maximum absolute atomic E-state index is 13.0. The standard InChI is InChI=1S/C21H24N2O3S/c24-21(15-17-5-2-1-3-6-17)22-11-13-23(14-12-22)27(25,26)20-10-9-18-7-4-8-19(18)16-20/h1-3,5-6,9-10,16H,4,7-8,11-15H2. The number of benzene rings is 2. The van der Waals surface area contributed by atoms with E-state index in [1.807, 2.05) is 42.5 Å². The third-order valence-electron chi connectivity index (χ3n) is 5.50. The van der Waals surface area contributed by atoms with E-state index >= 15 is 0 Å². The molecule has 0 bridgehead atoms. The van der Waals surface area contributed by atoms with Crippen LogP contribution in [0.25, 0.3) is 0 Å². The van der Waals surface area contributed by atoms with Crippen LogP contribution in [0.5, 0.6) is 0 Å². The Hall–Kier alpha value is -2.18. The van der Waals surface area contributed by atoms with Crippen molar-refractivity contribution in [1.29, 1.82) is 0 Å². The Balaban J connectivity index is 1.40. The number of hydrogen-bond acceptors (Lipinski definition) is 3. The van der Waals surface area contributed by atoms with Gasteiger partial charge in [-0.3, -0.25) is 4.79 Å². The van der Waals surface area contributed by atoms with E-state index in [1.54, 1.807) is 11.0 Å². The minimum atomic E-state index is -3.50. The lowest BCUT2D eigenvalue weighted by atomic mass is 10.1. The van der Waals surface area contributed by atoms with Crippen molar-refractivity contribution in [2.45, 2.75) is 30.6 Å². The predicted octanol–water partition coefficient (Wildman–Crippen LogP) is 2.25. The van der Waals surface area contributed by atoms with Crippen LogP contribution >= 0.6 is 0 Å². The SMILES string of the molecule is O=C(Cc1ccccc1)N1CCN(S(=O)(=O)c2ccc3c(c2)CCC3)CC1. The number of nitrogens with zero attached hydrogens (tertiary/aromatic N) is 2. The third kappa shape index (κ3) is 3.77. The molecule has 1 aliphatic carbocycles. The molecule has 1 fully saturated rings. The summed E-state index contributed by atoms with van der Waals surface area (Å²) in [5, 5.41) is 0. The van der Waals surface area contributed by atoms with E-state index in [4.69, 9.17) is 0 Å². The molecule has 1 saturated heterocycles. The number of hydrogen-bond donors (Lipinski definition) is 0. The van der Waals surface area contributed by atoms with Gasteiger partial charge in [0.25, 0.3) is 0 Å². The fourth-order valence-electron chi connectivity index (χ4n) is 3.92. The van der Waals surface area contributed by atoms with Crippen LogP contribution in [0, 0.1) is 0 Å². The molecule has 0 N–H and O–H groups in total. The van der Waals surface area contributed by atoms with Crippen LogP contribution in [0.2, 0.25) is 0 Å². The lowest BCUT2D eigenvalue weighted by molar-refractivity contribution is -0.131. The summed E-state index contributed by atoms with van der Waals surface area (Å²) in [5.41, 5.74) is 3.41. The maximum Gasteiger partial charge on any atom is 0.243 e. The number of piperazine rings is 1. The quantitative estimate of drug-likeness (QED) is 0.812. The Bertz CT molecular complexity index is 933. The molecule has 5 nitrogen and oxygen atoms in total. The molecule has 1 amide bonds. The highest BCUT2D eigenvalue weighted by molar-refractivity contribution is 7.89. The Morgan fingerprint density at radius 3 is 2.33 bits per heavy atom. The molecule has 2 aromatic carbocycles. The molecule has 0 radical (unpaired) electrons. The zero-order valence-electron chi connectivity index (χ0n) is 15.3.